The molecule has 0 radical (unpaired) electrons. The van der Waals surface area contributed by atoms with E-state index in [2.05, 4.69) is 12.2 Å². The third-order valence-electron chi connectivity index (χ3n) is 4.00. The van der Waals surface area contributed by atoms with Crippen molar-refractivity contribution in [2.45, 2.75) is 25.9 Å². The van der Waals surface area contributed by atoms with Crippen molar-refractivity contribution >= 4 is 35.6 Å². The molecule has 1 aliphatic rings. The molecule has 1 heterocycles. The van der Waals surface area contributed by atoms with Crippen LogP contribution in [0, 0.1) is 5.82 Å². The molecule has 0 spiro atoms. The summed E-state index contributed by atoms with van der Waals surface area (Å²) in [7, 11) is 0. The van der Waals surface area contributed by atoms with Gasteiger partial charge in [-0.2, -0.15) is 0 Å². The maximum absolute atomic E-state index is 14.0. The summed E-state index contributed by atoms with van der Waals surface area (Å²) < 4.78 is 20.2. The third-order valence-corrected chi connectivity index (χ3v) is 4.63. The van der Waals surface area contributed by atoms with Gasteiger partial charge in [-0.05, 0) is 49.2 Å². The lowest BCUT2D eigenvalue weighted by atomic mass is 9.95. The Balaban J connectivity index is 0.00000208. The van der Waals surface area contributed by atoms with Crippen molar-refractivity contribution in [1.82, 2.24) is 5.32 Å². The van der Waals surface area contributed by atoms with Gasteiger partial charge in [-0.1, -0.05) is 36.2 Å². The van der Waals surface area contributed by atoms with Crippen LogP contribution in [0.5, 0.6) is 5.75 Å². The molecule has 1 N–H and O–H groups in total. The average molecular weight is 391 g/mol. The number of aryl methyl sites for hydroxylation is 1. The molecule has 0 bridgehead atoms. The summed E-state index contributed by atoms with van der Waals surface area (Å²) in [4.78, 5) is 0. The zero-order valence-electron chi connectivity index (χ0n) is 13.2. The number of fused-ring (bicyclic) bond motifs is 1. The van der Waals surface area contributed by atoms with Crippen LogP contribution in [0.3, 0.4) is 0 Å². The maximum Gasteiger partial charge on any atom is 0.131 e. The summed E-state index contributed by atoms with van der Waals surface area (Å²) in [6, 6.07) is 8.25. The molecule has 0 saturated heterocycles. The van der Waals surface area contributed by atoms with Crippen molar-refractivity contribution < 1.29 is 9.13 Å². The average Bonchev–Trinajstić information content (AvgIpc) is 2.52. The molecule has 6 heteroatoms. The van der Waals surface area contributed by atoms with Gasteiger partial charge in [-0.25, -0.2) is 4.39 Å². The summed E-state index contributed by atoms with van der Waals surface area (Å²) in [5.74, 6) is 0.388. The van der Waals surface area contributed by atoms with Crippen molar-refractivity contribution in [2.24, 2.45) is 0 Å². The van der Waals surface area contributed by atoms with E-state index in [4.69, 9.17) is 27.9 Å². The Labute approximate surface area is 157 Å². The highest BCUT2D eigenvalue weighted by Gasteiger charge is 2.25. The van der Waals surface area contributed by atoms with Crippen LogP contribution in [0.25, 0.3) is 11.1 Å². The highest BCUT2D eigenvalue weighted by Crippen LogP contribution is 2.44. The minimum atomic E-state index is -0.302. The zero-order chi connectivity index (χ0) is 16.4. The van der Waals surface area contributed by atoms with Gasteiger partial charge in [0.1, 0.15) is 17.7 Å². The second kappa shape index (κ2) is 8.39. The van der Waals surface area contributed by atoms with E-state index >= 15 is 0 Å². The fourth-order valence-corrected chi connectivity index (χ4v) is 3.51. The van der Waals surface area contributed by atoms with Crippen LogP contribution in [0.1, 0.15) is 18.9 Å². The van der Waals surface area contributed by atoms with Gasteiger partial charge in [0.25, 0.3) is 0 Å². The van der Waals surface area contributed by atoms with Gasteiger partial charge in [0.15, 0.2) is 0 Å². The first kappa shape index (κ1) is 19.3. The molecule has 2 nitrogen and oxygen atoms in total. The van der Waals surface area contributed by atoms with Crippen LogP contribution in [-0.2, 0) is 6.42 Å². The lowest BCUT2D eigenvalue weighted by Crippen LogP contribution is -2.34. The second-order valence-electron chi connectivity index (χ2n) is 5.62. The van der Waals surface area contributed by atoms with Gasteiger partial charge in [0, 0.05) is 17.7 Å². The van der Waals surface area contributed by atoms with Crippen LogP contribution in [0.15, 0.2) is 30.3 Å². The SMILES string of the molecule is CCNC[C@H]1CCc2cc(F)cc(-c3c(Cl)cccc3Cl)c2O1.Cl. The van der Waals surface area contributed by atoms with E-state index in [0.29, 0.717) is 26.9 Å². The van der Waals surface area contributed by atoms with Gasteiger partial charge >= 0.3 is 0 Å². The number of nitrogens with one attached hydrogen (secondary N) is 1. The van der Waals surface area contributed by atoms with Crippen molar-refractivity contribution in [1.29, 1.82) is 0 Å². The van der Waals surface area contributed by atoms with Crippen molar-refractivity contribution in [3.63, 3.8) is 0 Å². The Kier molecular flexibility index (Phi) is 6.76. The lowest BCUT2D eigenvalue weighted by molar-refractivity contribution is 0.172. The Hall–Kier alpha value is -1.000. The van der Waals surface area contributed by atoms with Crippen LogP contribution >= 0.6 is 35.6 Å². The number of halogens is 4. The smallest absolute Gasteiger partial charge is 0.131 e. The van der Waals surface area contributed by atoms with Crippen LogP contribution in [0.2, 0.25) is 10.0 Å². The maximum atomic E-state index is 14.0. The minimum absolute atomic E-state index is 0. The number of ether oxygens (including phenoxy) is 1. The molecule has 2 aromatic carbocycles. The first-order valence-electron chi connectivity index (χ1n) is 7.74. The summed E-state index contributed by atoms with van der Waals surface area (Å²) in [6.07, 6.45) is 1.70. The second-order valence-corrected chi connectivity index (χ2v) is 6.44. The predicted molar refractivity (Wildman–Crippen MR) is 100 cm³/mol. The number of hydrogen-bond donors (Lipinski definition) is 1. The Bertz CT molecular complexity index is 703. The van der Waals surface area contributed by atoms with Crippen molar-refractivity contribution in [3.8, 4) is 16.9 Å². The van der Waals surface area contributed by atoms with Crippen LogP contribution in [-0.4, -0.2) is 19.2 Å². The molecule has 0 saturated carbocycles. The van der Waals surface area contributed by atoms with E-state index in [9.17, 15) is 4.39 Å². The van der Waals surface area contributed by atoms with Gasteiger partial charge < -0.3 is 10.1 Å². The number of benzene rings is 2. The summed E-state index contributed by atoms with van der Waals surface area (Å²) in [6.45, 7) is 3.71. The molecule has 3 rings (SSSR count). The minimum Gasteiger partial charge on any atom is -0.488 e. The van der Waals surface area contributed by atoms with E-state index in [0.717, 1.165) is 31.5 Å². The van der Waals surface area contributed by atoms with Gasteiger partial charge in [0.2, 0.25) is 0 Å². The molecular weight excluding hydrogens is 372 g/mol. The highest BCUT2D eigenvalue weighted by molar-refractivity contribution is 6.39. The molecule has 0 amide bonds. The highest BCUT2D eigenvalue weighted by atomic mass is 35.5. The quantitative estimate of drug-likeness (QED) is 0.741. The Morgan fingerprint density at radius 2 is 1.96 bits per heavy atom. The first-order valence-corrected chi connectivity index (χ1v) is 8.50. The molecule has 0 fully saturated rings. The van der Waals surface area contributed by atoms with E-state index in [1.165, 1.54) is 12.1 Å². The molecule has 1 aliphatic heterocycles. The standard InChI is InChI=1S/C18H18Cl2FNO.ClH/c1-2-22-10-13-7-6-11-8-12(21)9-14(18(11)23-13)17-15(19)4-3-5-16(17)20;/h3-5,8-9,13,22H,2,6-7,10H2,1H3;1H/t13-;/m1./s1. The zero-order valence-corrected chi connectivity index (χ0v) is 15.6. The van der Waals surface area contributed by atoms with Crippen molar-refractivity contribution in [2.75, 3.05) is 13.1 Å². The Morgan fingerprint density at radius 3 is 2.62 bits per heavy atom. The normalized spacial score (nSPS) is 16.1. The van der Waals surface area contributed by atoms with E-state index in [-0.39, 0.29) is 24.3 Å². The molecule has 0 aliphatic carbocycles. The molecule has 0 unspecified atom stereocenters. The molecule has 0 aromatic heterocycles. The lowest BCUT2D eigenvalue weighted by Gasteiger charge is -2.28. The third kappa shape index (κ3) is 3.97. The number of rotatable bonds is 4. The predicted octanol–water partition coefficient (Wildman–Crippen LogP) is 5.52. The molecule has 1 atom stereocenters. The summed E-state index contributed by atoms with van der Waals surface area (Å²) in [5.41, 5.74) is 2.11. The van der Waals surface area contributed by atoms with Gasteiger partial charge in [0.05, 0.1) is 10.0 Å². The van der Waals surface area contributed by atoms with Gasteiger partial charge in [-0.3, -0.25) is 0 Å². The van der Waals surface area contributed by atoms with E-state index in [1.807, 2.05) is 0 Å². The van der Waals surface area contributed by atoms with Crippen molar-refractivity contribution in [3.05, 3.63) is 51.8 Å². The molecular formula is C18H19Cl3FNO. The van der Waals surface area contributed by atoms with E-state index < -0.39 is 0 Å². The fourth-order valence-electron chi connectivity index (χ4n) is 2.91. The van der Waals surface area contributed by atoms with Crippen LogP contribution < -0.4 is 10.1 Å². The monoisotopic (exact) mass is 389 g/mol. The van der Waals surface area contributed by atoms with E-state index in [1.54, 1.807) is 18.2 Å². The number of likely N-dealkylation sites (N-methyl/N-ethyl adjacent to an activating group) is 1. The molecule has 130 valence electrons. The molecule has 2 aromatic rings. The summed E-state index contributed by atoms with van der Waals surface area (Å²) in [5, 5.41) is 4.27. The van der Waals surface area contributed by atoms with Crippen LogP contribution in [0.4, 0.5) is 4.39 Å². The molecule has 24 heavy (non-hydrogen) atoms. The van der Waals surface area contributed by atoms with Gasteiger partial charge in [-0.15, -0.1) is 12.4 Å². The summed E-state index contributed by atoms with van der Waals surface area (Å²) >= 11 is 12.6. The topological polar surface area (TPSA) is 21.3 Å². The largest absolute Gasteiger partial charge is 0.488 e. The number of hydrogen-bond acceptors (Lipinski definition) is 2. The first-order chi connectivity index (χ1) is 11.1. The fraction of sp³-hybridized carbons (Fsp3) is 0.333. The Morgan fingerprint density at radius 1 is 1.25 bits per heavy atom.